The van der Waals surface area contributed by atoms with Crippen LogP contribution in [0.1, 0.15) is 19.3 Å². The summed E-state index contributed by atoms with van der Waals surface area (Å²) in [6, 6.07) is 0. The molecule has 2 atom stereocenters. The lowest BCUT2D eigenvalue weighted by Gasteiger charge is -2.14. The Bertz CT molecular complexity index is 292. The van der Waals surface area contributed by atoms with Crippen LogP contribution in [0.4, 0.5) is 0 Å². The van der Waals surface area contributed by atoms with Crippen molar-refractivity contribution in [2.45, 2.75) is 30.6 Å². The molecule has 2 unspecified atom stereocenters. The van der Waals surface area contributed by atoms with E-state index in [4.69, 9.17) is 4.74 Å². The molecule has 0 aromatic rings. The Morgan fingerprint density at radius 3 is 2.87 bits per heavy atom. The minimum absolute atomic E-state index is 0.0779. The molecule has 0 spiro atoms. The van der Waals surface area contributed by atoms with E-state index in [-0.39, 0.29) is 11.4 Å². The average Bonchev–Trinajstić information content (AvgIpc) is 2.88. The van der Waals surface area contributed by atoms with Gasteiger partial charge in [0.05, 0.1) is 11.4 Å². The maximum absolute atomic E-state index is 11.8. The molecular weight excluding hydrogens is 216 g/mol. The zero-order valence-corrected chi connectivity index (χ0v) is 9.55. The van der Waals surface area contributed by atoms with Crippen LogP contribution in [0.15, 0.2) is 0 Å². The Hall–Kier alpha value is -0.170. The smallest absolute Gasteiger partial charge is 0.215 e. The first kappa shape index (κ1) is 11.3. The lowest BCUT2D eigenvalue weighted by molar-refractivity contribution is 0.114. The van der Waals surface area contributed by atoms with Crippen LogP contribution in [0.5, 0.6) is 0 Å². The molecule has 0 bridgehead atoms. The molecule has 2 N–H and O–H groups in total. The Morgan fingerprint density at radius 1 is 1.40 bits per heavy atom. The Labute approximate surface area is 90.6 Å². The van der Waals surface area contributed by atoms with Crippen LogP contribution in [0, 0.1) is 0 Å². The van der Waals surface area contributed by atoms with Gasteiger partial charge in [0, 0.05) is 19.7 Å². The first-order chi connectivity index (χ1) is 7.18. The average molecular weight is 234 g/mol. The van der Waals surface area contributed by atoms with E-state index in [1.807, 2.05) is 0 Å². The summed E-state index contributed by atoms with van der Waals surface area (Å²) in [6.07, 6.45) is 2.79. The summed E-state index contributed by atoms with van der Waals surface area (Å²) in [5.41, 5.74) is 0. The van der Waals surface area contributed by atoms with Crippen molar-refractivity contribution in [1.82, 2.24) is 10.0 Å². The summed E-state index contributed by atoms with van der Waals surface area (Å²) in [4.78, 5) is 0. The van der Waals surface area contributed by atoms with Crippen LogP contribution in [-0.2, 0) is 14.8 Å². The van der Waals surface area contributed by atoms with Gasteiger partial charge in [0.15, 0.2) is 0 Å². The standard InChI is InChI=1S/C9H18N2O3S/c12-15(13,9-3-4-10-7-9)11-6-8-2-1-5-14-8/h8-11H,1-7H2. The van der Waals surface area contributed by atoms with Crippen molar-refractivity contribution in [2.24, 2.45) is 0 Å². The van der Waals surface area contributed by atoms with Crippen molar-refractivity contribution in [3.63, 3.8) is 0 Å². The van der Waals surface area contributed by atoms with Gasteiger partial charge in [-0.25, -0.2) is 13.1 Å². The fourth-order valence-corrected chi connectivity index (χ4v) is 3.44. The second kappa shape index (κ2) is 4.78. The molecular formula is C9H18N2O3S. The van der Waals surface area contributed by atoms with Crippen LogP contribution < -0.4 is 10.0 Å². The molecule has 88 valence electrons. The van der Waals surface area contributed by atoms with E-state index in [1.165, 1.54) is 0 Å². The summed E-state index contributed by atoms with van der Waals surface area (Å²) in [7, 11) is -3.14. The second-order valence-electron chi connectivity index (χ2n) is 4.14. The molecule has 2 heterocycles. The van der Waals surface area contributed by atoms with E-state index in [2.05, 4.69) is 10.0 Å². The summed E-state index contributed by atoms with van der Waals surface area (Å²) < 4.78 is 31.6. The molecule has 15 heavy (non-hydrogen) atoms. The molecule has 2 saturated heterocycles. The number of ether oxygens (including phenoxy) is 1. The monoisotopic (exact) mass is 234 g/mol. The molecule has 2 aliphatic heterocycles. The SMILES string of the molecule is O=S(=O)(NCC1CCCO1)C1CCNC1. The number of nitrogens with one attached hydrogen (secondary N) is 2. The van der Waals surface area contributed by atoms with Gasteiger partial charge in [0.1, 0.15) is 0 Å². The van der Waals surface area contributed by atoms with Crippen LogP contribution in [0.25, 0.3) is 0 Å². The van der Waals surface area contributed by atoms with E-state index in [9.17, 15) is 8.42 Å². The fraction of sp³-hybridized carbons (Fsp3) is 1.00. The highest BCUT2D eigenvalue weighted by Crippen LogP contribution is 2.13. The molecule has 0 aliphatic carbocycles. The minimum Gasteiger partial charge on any atom is -0.377 e. The molecule has 0 radical (unpaired) electrons. The first-order valence-corrected chi connectivity index (χ1v) is 7.04. The predicted molar refractivity (Wildman–Crippen MR) is 57.2 cm³/mol. The number of sulfonamides is 1. The van der Waals surface area contributed by atoms with Crippen molar-refractivity contribution in [3.05, 3.63) is 0 Å². The third kappa shape index (κ3) is 2.90. The number of hydrogen-bond acceptors (Lipinski definition) is 4. The zero-order valence-electron chi connectivity index (χ0n) is 8.74. The number of hydrogen-bond donors (Lipinski definition) is 2. The van der Waals surface area contributed by atoms with Gasteiger partial charge in [0.25, 0.3) is 0 Å². The quantitative estimate of drug-likeness (QED) is 0.685. The van der Waals surface area contributed by atoms with E-state index in [1.54, 1.807) is 0 Å². The van der Waals surface area contributed by atoms with Crippen molar-refractivity contribution >= 4 is 10.0 Å². The van der Waals surface area contributed by atoms with Gasteiger partial charge in [0.2, 0.25) is 10.0 Å². The highest BCUT2D eigenvalue weighted by Gasteiger charge is 2.29. The topological polar surface area (TPSA) is 67.4 Å². The lowest BCUT2D eigenvalue weighted by atomic mass is 10.2. The summed E-state index contributed by atoms with van der Waals surface area (Å²) in [5, 5.41) is 2.79. The van der Waals surface area contributed by atoms with Crippen LogP contribution in [0.2, 0.25) is 0 Å². The van der Waals surface area contributed by atoms with Crippen molar-refractivity contribution in [3.8, 4) is 0 Å². The van der Waals surface area contributed by atoms with Crippen molar-refractivity contribution in [1.29, 1.82) is 0 Å². The largest absolute Gasteiger partial charge is 0.377 e. The van der Waals surface area contributed by atoms with Gasteiger partial charge >= 0.3 is 0 Å². The van der Waals surface area contributed by atoms with E-state index >= 15 is 0 Å². The van der Waals surface area contributed by atoms with Gasteiger partial charge in [-0.15, -0.1) is 0 Å². The summed E-state index contributed by atoms with van der Waals surface area (Å²) in [6.45, 7) is 2.56. The lowest BCUT2D eigenvalue weighted by Crippen LogP contribution is -2.39. The Kier molecular flexibility index (Phi) is 3.60. The predicted octanol–water partition coefficient (Wildman–Crippen LogP) is -0.553. The minimum atomic E-state index is -3.14. The Balaban J connectivity index is 1.81. The van der Waals surface area contributed by atoms with E-state index < -0.39 is 10.0 Å². The summed E-state index contributed by atoms with van der Waals surface area (Å²) in [5.74, 6) is 0. The van der Waals surface area contributed by atoms with Gasteiger partial charge in [-0.05, 0) is 25.8 Å². The van der Waals surface area contributed by atoms with Gasteiger partial charge in [-0.2, -0.15) is 0 Å². The van der Waals surface area contributed by atoms with Gasteiger partial charge < -0.3 is 10.1 Å². The molecule has 0 aromatic heterocycles. The molecule has 0 saturated carbocycles. The molecule has 0 amide bonds. The molecule has 2 aliphatic rings. The van der Waals surface area contributed by atoms with Crippen LogP contribution in [-0.4, -0.2) is 46.0 Å². The highest BCUT2D eigenvalue weighted by atomic mass is 32.2. The maximum Gasteiger partial charge on any atom is 0.215 e. The molecule has 5 nitrogen and oxygen atoms in total. The molecule has 2 rings (SSSR count). The second-order valence-corrected chi connectivity index (χ2v) is 6.19. The highest BCUT2D eigenvalue weighted by molar-refractivity contribution is 7.90. The molecule has 6 heteroatoms. The molecule has 2 fully saturated rings. The maximum atomic E-state index is 11.8. The number of rotatable bonds is 4. The third-order valence-corrected chi connectivity index (χ3v) is 4.84. The van der Waals surface area contributed by atoms with Crippen molar-refractivity contribution < 1.29 is 13.2 Å². The third-order valence-electron chi connectivity index (χ3n) is 2.99. The fourth-order valence-electron chi connectivity index (χ4n) is 2.03. The molecule has 0 aromatic carbocycles. The van der Waals surface area contributed by atoms with E-state index in [0.717, 1.165) is 26.0 Å². The summed E-state index contributed by atoms with van der Waals surface area (Å²) >= 11 is 0. The van der Waals surface area contributed by atoms with Crippen LogP contribution in [0.3, 0.4) is 0 Å². The normalized spacial score (nSPS) is 32.3. The zero-order chi connectivity index (χ0) is 10.7. The van der Waals surface area contributed by atoms with E-state index in [0.29, 0.717) is 19.5 Å². The van der Waals surface area contributed by atoms with Crippen molar-refractivity contribution in [2.75, 3.05) is 26.2 Å². The Morgan fingerprint density at radius 2 is 2.27 bits per heavy atom. The van der Waals surface area contributed by atoms with Gasteiger partial charge in [-0.3, -0.25) is 0 Å². The van der Waals surface area contributed by atoms with Crippen LogP contribution >= 0.6 is 0 Å². The first-order valence-electron chi connectivity index (χ1n) is 5.49. The van der Waals surface area contributed by atoms with Gasteiger partial charge in [-0.1, -0.05) is 0 Å².